The Morgan fingerprint density at radius 1 is 1.33 bits per heavy atom. The standard InChI is InChI=1S/C13H25NO2S2/c1-2-17-7-5-11(9-14-13-3-4-13)12-6-8-18(15,16)10-12/h11-14H,2-10H2,1H3. The van der Waals surface area contributed by atoms with Crippen LogP contribution in [0.4, 0.5) is 0 Å². The predicted octanol–water partition coefficient (Wildman–Crippen LogP) is 1.93. The fraction of sp³-hybridized carbons (Fsp3) is 1.00. The van der Waals surface area contributed by atoms with Gasteiger partial charge < -0.3 is 5.32 Å². The molecule has 2 atom stereocenters. The Kier molecular flexibility index (Phi) is 5.39. The molecule has 1 aliphatic heterocycles. The molecule has 1 heterocycles. The van der Waals surface area contributed by atoms with Crippen LogP contribution in [0.5, 0.6) is 0 Å². The first-order valence-electron chi connectivity index (χ1n) is 7.12. The van der Waals surface area contributed by atoms with Crippen LogP contribution in [0.1, 0.15) is 32.6 Å². The Labute approximate surface area is 115 Å². The van der Waals surface area contributed by atoms with Crippen LogP contribution in [0.3, 0.4) is 0 Å². The lowest BCUT2D eigenvalue weighted by atomic mass is 9.89. The summed E-state index contributed by atoms with van der Waals surface area (Å²) in [7, 11) is -2.73. The molecular weight excluding hydrogens is 266 g/mol. The maximum Gasteiger partial charge on any atom is 0.150 e. The summed E-state index contributed by atoms with van der Waals surface area (Å²) in [5, 5.41) is 3.58. The summed E-state index contributed by atoms with van der Waals surface area (Å²) >= 11 is 1.97. The first kappa shape index (κ1) is 14.7. The Hall–Kier alpha value is 0.260. The Bertz CT molecular complexity index is 352. The molecule has 2 aliphatic rings. The van der Waals surface area contributed by atoms with E-state index in [2.05, 4.69) is 12.2 Å². The van der Waals surface area contributed by atoms with Gasteiger partial charge in [0.2, 0.25) is 0 Å². The highest BCUT2D eigenvalue weighted by Crippen LogP contribution is 2.30. The molecule has 18 heavy (non-hydrogen) atoms. The maximum atomic E-state index is 11.6. The SMILES string of the molecule is CCSCCC(CNC1CC1)C1CCS(=O)(=O)C1. The van der Waals surface area contributed by atoms with E-state index in [1.54, 1.807) is 0 Å². The van der Waals surface area contributed by atoms with E-state index < -0.39 is 9.84 Å². The van der Waals surface area contributed by atoms with Crippen LogP contribution in [-0.2, 0) is 9.84 Å². The molecule has 106 valence electrons. The van der Waals surface area contributed by atoms with Gasteiger partial charge in [-0.25, -0.2) is 8.42 Å². The minimum absolute atomic E-state index is 0.402. The molecule has 5 heteroatoms. The van der Waals surface area contributed by atoms with Gasteiger partial charge in [0.05, 0.1) is 11.5 Å². The molecular formula is C13H25NO2S2. The van der Waals surface area contributed by atoms with E-state index in [-0.39, 0.29) is 0 Å². The van der Waals surface area contributed by atoms with Crippen LogP contribution in [-0.4, -0.2) is 44.0 Å². The zero-order valence-corrected chi connectivity index (χ0v) is 12.9. The zero-order valence-electron chi connectivity index (χ0n) is 11.2. The van der Waals surface area contributed by atoms with Crippen LogP contribution in [0, 0.1) is 11.8 Å². The minimum Gasteiger partial charge on any atom is -0.314 e. The minimum atomic E-state index is -2.73. The molecule has 2 rings (SSSR count). The lowest BCUT2D eigenvalue weighted by Gasteiger charge is -2.23. The van der Waals surface area contributed by atoms with Gasteiger partial charge in [0.15, 0.2) is 9.84 Å². The molecule has 1 N–H and O–H groups in total. The van der Waals surface area contributed by atoms with Gasteiger partial charge in [-0.1, -0.05) is 6.92 Å². The third-order valence-corrected chi connectivity index (χ3v) is 6.74. The summed E-state index contributed by atoms with van der Waals surface area (Å²) in [5.41, 5.74) is 0. The van der Waals surface area contributed by atoms with E-state index in [1.165, 1.54) is 25.0 Å². The van der Waals surface area contributed by atoms with Crippen LogP contribution >= 0.6 is 11.8 Å². The number of thioether (sulfide) groups is 1. The molecule has 0 bridgehead atoms. The van der Waals surface area contributed by atoms with E-state index in [0.717, 1.165) is 24.8 Å². The summed E-state index contributed by atoms with van der Waals surface area (Å²) < 4.78 is 23.2. The van der Waals surface area contributed by atoms with Crippen molar-refractivity contribution in [1.29, 1.82) is 0 Å². The highest BCUT2D eigenvalue weighted by Gasteiger charge is 2.34. The first-order valence-corrected chi connectivity index (χ1v) is 10.1. The van der Waals surface area contributed by atoms with Gasteiger partial charge in [-0.2, -0.15) is 11.8 Å². The Morgan fingerprint density at radius 3 is 2.67 bits per heavy atom. The first-order chi connectivity index (χ1) is 8.61. The predicted molar refractivity (Wildman–Crippen MR) is 78.9 cm³/mol. The molecule has 2 fully saturated rings. The summed E-state index contributed by atoms with van der Waals surface area (Å²) in [6, 6.07) is 0.726. The van der Waals surface area contributed by atoms with Crippen molar-refractivity contribution >= 4 is 21.6 Å². The lowest BCUT2D eigenvalue weighted by Crippen LogP contribution is -2.30. The zero-order chi connectivity index (χ0) is 13.0. The highest BCUT2D eigenvalue weighted by molar-refractivity contribution is 7.99. The average Bonchev–Trinajstić information content (AvgIpc) is 3.07. The normalized spacial score (nSPS) is 28.4. The van der Waals surface area contributed by atoms with Crippen LogP contribution in [0.15, 0.2) is 0 Å². The van der Waals surface area contributed by atoms with Crippen LogP contribution in [0.25, 0.3) is 0 Å². The van der Waals surface area contributed by atoms with Gasteiger partial charge >= 0.3 is 0 Å². The van der Waals surface area contributed by atoms with Crippen molar-refractivity contribution in [2.75, 3.05) is 29.6 Å². The van der Waals surface area contributed by atoms with Crippen molar-refractivity contribution in [3.8, 4) is 0 Å². The van der Waals surface area contributed by atoms with E-state index in [1.807, 2.05) is 11.8 Å². The Balaban J connectivity index is 1.81. The Morgan fingerprint density at radius 2 is 2.11 bits per heavy atom. The van der Waals surface area contributed by atoms with E-state index in [0.29, 0.717) is 23.3 Å². The third kappa shape index (κ3) is 4.74. The number of rotatable bonds is 8. The van der Waals surface area contributed by atoms with Gasteiger partial charge in [0.1, 0.15) is 0 Å². The molecule has 0 radical (unpaired) electrons. The summed E-state index contributed by atoms with van der Waals surface area (Å²) in [6.07, 6.45) is 4.66. The van der Waals surface area contributed by atoms with Gasteiger partial charge in [0, 0.05) is 6.04 Å². The largest absolute Gasteiger partial charge is 0.314 e. The topological polar surface area (TPSA) is 46.2 Å². The fourth-order valence-electron chi connectivity index (χ4n) is 2.68. The van der Waals surface area contributed by atoms with Crippen molar-refractivity contribution in [3.05, 3.63) is 0 Å². The van der Waals surface area contributed by atoms with Crippen LogP contribution in [0.2, 0.25) is 0 Å². The third-order valence-electron chi connectivity index (χ3n) is 4.02. The molecule has 1 saturated carbocycles. The lowest BCUT2D eigenvalue weighted by molar-refractivity contribution is 0.337. The van der Waals surface area contributed by atoms with Crippen LogP contribution < -0.4 is 5.32 Å². The maximum absolute atomic E-state index is 11.6. The van der Waals surface area contributed by atoms with E-state index in [4.69, 9.17) is 0 Å². The molecule has 0 aromatic carbocycles. The quantitative estimate of drug-likeness (QED) is 0.694. The van der Waals surface area contributed by atoms with Crippen molar-refractivity contribution in [2.24, 2.45) is 11.8 Å². The van der Waals surface area contributed by atoms with Crippen molar-refractivity contribution < 1.29 is 8.42 Å². The van der Waals surface area contributed by atoms with Crippen molar-refractivity contribution in [3.63, 3.8) is 0 Å². The average molecular weight is 291 g/mol. The van der Waals surface area contributed by atoms with E-state index >= 15 is 0 Å². The second kappa shape index (κ2) is 6.62. The van der Waals surface area contributed by atoms with Crippen molar-refractivity contribution in [1.82, 2.24) is 5.32 Å². The van der Waals surface area contributed by atoms with Gasteiger partial charge in [-0.15, -0.1) is 0 Å². The molecule has 1 saturated heterocycles. The number of hydrogen-bond acceptors (Lipinski definition) is 4. The molecule has 0 aromatic rings. The molecule has 3 nitrogen and oxygen atoms in total. The number of hydrogen-bond donors (Lipinski definition) is 1. The smallest absolute Gasteiger partial charge is 0.150 e. The van der Waals surface area contributed by atoms with Gasteiger partial charge in [-0.05, 0) is 55.6 Å². The summed E-state index contributed by atoms with van der Waals surface area (Å²) in [5.74, 6) is 4.13. The second-order valence-corrected chi connectivity index (χ2v) is 9.21. The monoisotopic (exact) mass is 291 g/mol. The highest BCUT2D eigenvalue weighted by atomic mass is 32.2. The summed E-state index contributed by atoms with van der Waals surface area (Å²) in [6.45, 7) is 3.21. The van der Waals surface area contributed by atoms with Crippen molar-refractivity contribution in [2.45, 2.75) is 38.6 Å². The number of sulfone groups is 1. The second-order valence-electron chi connectivity index (χ2n) is 5.59. The van der Waals surface area contributed by atoms with Gasteiger partial charge in [-0.3, -0.25) is 0 Å². The van der Waals surface area contributed by atoms with Gasteiger partial charge in [0.25, 0.3) is 0 Å². The molecule has 0 amide bonds. The molecule has 0 aromatic heterocycles. The fourth-order valence-corrected chi connectivity index (χ4v) is 5.36. The molecule has 2 unspecified atom stereocenters. The number of nitrogens with one attached hydrogen (secondary N) is 1. The summed E-state index contributed by atoms with van der Waals surface area (Å²) in [4.78, 5) is 0. The molecule has 0 spiro atoms. The molecule has 1 aliphatic carbocycles. The van der Waals surface area contributed by atoms with E-state index in [9.17, 15) is 8.42 Å².